The molecule has 2 N–H and O–H groups in total. The van der Waals surface area contributed by atoms with Crippen LogP contribution in [-0.4, -0.2) is 18.8 Å². The molecule has 1 aromatic rings. The van der Waals surface area contributed by atoms with Crippen molar-refractivity contribution in [3.63, 3.8) is 0 Å². The van der Waals surface area contributed by atoms with E-state index in [9.17, 15) is 5.11 Å². The molecule has 0 aromatic heterocycles. The SMILES string of the molecule is CNC(C)(CO)c1ccc(Cl)c(Cl)c1. The minimum absolute atomic E-state index is 0.00145. The molecule has 78 valence electrons. The van der Waals surface area contributed by atoms with E-state index in [1.54, 1.807) is 19.2 Å². The Kier molecular flexibility index (Phi) is 3.78. The van der Waals surface area contributed by atoms with E-state index in [2.05, 4.69) is 5.32 Å². The molecule has 0 aliphatic rings. The molecule has 0 saturated heterocycles. The van der Waals surface area contributed by atoms with Gasteiger partial charge < -0.3 is 10.4 Å². The van der Waals surface area contributed by atoms with Crippen molar-refractivity contribution in [2.45, 2.75) is 12.5 Å². The van der Waals surface area contributed by atoms with Crippen LogP contribution in [0.15, 0.2) is 18.2 Å². The Morgan fingerprint density at radius 1 is 1.36 bits per heavy atom. The maximum Gasteiger partial charge on any atom is 0.0652 e. The summed E-state index contributed by atoms with van der Waals surface area (Å²) in [6, 6.07) is 5.34. The molecule has 0 spiro atoms. The zero-order chi connectivity index (χ0) is 10.8. The number of aliphatic hydroxyl groups is 1. The van der Waals surface area contributed by atoms with Gasteiger partial charge in [0.2, 0.25) is 0 Å². The molecule has 0 fully saturated rings. The summed E-state index contributed by atoms with van der Waals surface area (Å²) in [5, 5.41) is 13.3. The molecule has 1 rings (SSSR count). The van der Waals surface area contributed by atoms with Gasteiger partial charge in [0.05, 0.1) is 22.2 Å². The van der Waals surface area contributed by atoms with E-state index in [-0.39, 0.29) is 6.61 Å². The summed E-state index contributed by atoms with van der Waals surface area (Å²) in [5.74, 6) is 0. The van der Waals surface area contributed by atoms with Gasteiger partial charge in [-0.15, -0.1) is 0 Å². The Morgan fingerprint density at radius 3 is 2.43 bits per heavy atom. The van der Waals surface area contributed by atoms with Crippen LogP contribution in [0.2, 0.25) is 10.0 Å². The lowest BCUT2D eigenvalue weighted by Gasteiger charge is -2.27. The summed E-state index contributed by atoms with van der Waals surface area (Å²) >= 11 is 11.7. The maximum absolute atomic E-state index is 9.26. The second kappa shape index (κ2) is 4.49. The predicted octanol–water partition coefficient (Wildman–Crippen LogP) is 2.42. The standard InChI is InChI=1S/C10H13Cl2NO/c1-10(6-14,13-2)7-3-4-8(11)9(12)5-7/h3-5,13-14H,6H2,1-2H3. The third-order valence-electron chi connectivity index (χ3n) is 2.42. The molecular weight excluding hydrogens is 221 g/mol. The van der Waals surface area contributed by atoms with Gasteiger partial charge in [-0.05, 0) is 31.7 Å². The van der Waals surface area contributed by atoms with Crippen molar-refractivity contribution in [3.05, 3.63) is 33.8 Å². The van der Waals surface area contributed by atoms with E-state index < -0.39 is 5.54 Å². The fraction of sp³-hybridized carbons (Fsp3) is 0.400. The zero-order valence-electron chi connectivity index (χ0n) is 8.14. The van der Waals surface area contributed by atoms with Crippen LogP contribution in [-0.2, 0) is 5.54 Å². The highest BCUT2D eigenvalue weighted by Gasteiger charge is 2.23. The van der Waals surface area contributed by atoms with Crippen molar-refractivity contribution in [1.29, 1.82) is 0 Å². The van der Waals surface area contributed by atoms with Gasteiger partial charge in [0.15, 0.2) is 0 Å². The lowest BCUT2D eigenvalue weighted by molar-refractivity contribution is 0.183. The van der Waals surface area contributed by atoms with Gasteiger partial charge in [-0.25, -0.2) is 0 Å². The molecule has 0 aliphatic heterocycles. The van der Waals surface area contributed by atoms with E-state index in [1.807, 2.05) is 13.0 Å². The van der Waals surface area contributed by atoms with E-state index in [1.165, 1.54) is 0 Å². The Bertz CT molecular complexity index is 324. The Balaban J connectivity index is 3.12. The summed E-state index contributed by atoms with van der Waals surface area (Å²) < 4.78 is 0. The highest BCUT2D eigenvalue weighted by atomic mass is 35.5. The second-order valence-corrected chi connectivity index (χ2v) is 4.18. The summed E-state index contributed by atoms with van der Waals surface area (Å²) in [6.07, 6.45) is 0. The number of hydrogen-bond donors (Lipinski definition) is 2. The number of benzene rings is 1. The first-order valence-electron chi connectivity index (χ1n) is 4.29. The van der Waals surface area contributed by atoms with Crippen LogP contribution in [0.4, 0.5) is 0 Å². The fourth-order valence-corrected chi connectivity index (χ4v) is 1.45. The van der Waals surface area contributed by atoms with Gasteiger partial charge in [0.25, 0.3) is 0 Å². The van der Waals surface area contributed by atoms with Crippen molar-refractivity contribution < 1.29 is 5.11 Å². The monoisotopic (exact) mass is 233 g/mol. The van der Waals surface area contributed by atoms with Crippen LogP contribution in [0.25, 0.3) is 0 Å². The molecule has 0 aliphatic carbocycles. The number of nitrogens with one attached hydrogen (secondary N) is 1. The van der Waals surface area contributed by atoms with Crippen molar-refractivity contribution in [1.82, 2.24) is 5.32 Å². The van der Waals surface area contributed by atoms with Crippen molar-refractivity contribution >= 4 is 23.2 Å². The largest absolute Gasteiger partial charge is 0.394 e. The van der Waals surface area contributed by atoms with Crippen molar-refractivity contribution in [2.75, 3.05) is 13.7 Å². The number of hydrogen-bond acceptors (Lipinski definition) is 2. The molecule has 0 heterocycles. The minimum atomic E-state index is -0.478. The molecular formula is C10H13Cl2NO. The lowest BCUT2D eigenvalue weighted by atomic mass is 9.93. The topological polar surface area (TPSA) is 32.3 Å². The van der Waals surface area contributed by atoms with E-state index >= 15 is 0 Å². The molecule has 0 radical (unpaired) electrons. The van der Waals surface area contributed by atoms with Gasteiger partial charge in [0.1, 0.15) is 0 Å². The molecule has 1 atom stereocenters. The zero-order valence-corrected chi connectivity index (χ0v) is 9.65. The Labute approximate surface area is 93.8 Å². The Hall–Kier alpha value is -0.280. The third kappa shape index (κ3) is 2.20. The van der Waals surface area contributed by atoms with Crippen LogP contribution in [0, 0.1) is 0 Å². The van der Waals surface area contributed by atoms with Crippen LogP contribution in [0.3, 0.4) is 0 Å². The summed E-state index contributed by atoms with van der Waals surface area (Å²) in [5.41, 5.74) is 0.436. The van der Waals surface area contributed by atoms with Crippen molar-refractivity contribution in [3.8, 4) is 0 Å². The average molecular weight is 234 g/mol. The number of halogens is 2. The van der Waals surface area contributed by atoms with Gasteiger partial charge >= 0.3 is 0 Å². The molecule has 0 bridgehead atoms. The first kappa shape index (κ1) is 11.8. The third-order valence-corrected chi connectivity index (χ3v) is 3.16. The van der Waals surface area contributed by atoms with Gasteiger partial charge in [-0.2, -0.15) is 0 Å². The van der Waals surface area contributed by atoms with Gasteiger partial charge in [-0.1, -0.05) is 29.3 Å². The molecule has 1 unspecified atom stereocenters. The normalized spacial score (nSPS) is 15.2. The summed E-state index contributed by atoms with van der Waals surface area (Å²) in [4.78, 5) is 0. The molecule has 2 nitrogen and oxygen atoms in total. The van der Waals surface area contributed by atoms with Crippen LogP contribution in [0.1, 0.15) is 12.5 Å². The minimum Gasteiger partial charge on any atom is -0.394 e. The molecule has 4 heteroatoms. The first-order valence-corrected chi connectivity index (χ1v) is 5.04. The number of rotatable bonds is 3. The fourth-order valence-electron chi connectivity index (χ4n) is 1.15. The molecule has 1 aromatic carbocycles. The van der Waals surface area contributed by atoms with E-state index in [0.29, 0.717) is 10.0 Å². The maximum atomic E-state index is 9.26. The van der Waals surface area contributed by atoms with Crippen LogP contribution >= 0.6 is 23.2 Å². The molecule has 0 saturated carbocycles. The number of likely N-dealkylation sites (N-methyl/N-ethyl adjacent to an activating group) is 1. The lowest BCUT2D eigenvalue weighted by Crippen LogP contribution is -2.40. The van der Waals surface area contributed by atoms with Crippen LogP contribution < -0.4 is 5.32 Å². The predicted molar refractivity (Wildman–Crippen MR) is 60.0 cm³/mol. The molecule has 0 amide bonds. The van der Waals surface area contributed by atoms with Gasteiger partial charge in [0, 0.05) is 0 Å². The highest BCUT2D eigenvalue weighted by molar-refractivity contribution is 6.42. The Morgan fingerprint density at radius 2 is 2.00 bits per heavy atom. The number of aliphatic hydroxyl groups excluding tert-OH is 1. The van der Waals surface area contributed by atoms with E-state index in [0.717, 1.165) is 5.56 Å². The van der Waals surface area contributed by atoms with Gasteiger partial charge in [-0.3, -0.25) is 0 Å². The summed E-state index contributed by atoms with van der Waals surface area (Å²) in [7, 11) is 1.79. The molecule has 14 heavy (non-hydrogen) atoms. The second-order valence-electron chi connectivity index (χ2n) is 3.37. The summed E-state index contributed by atoms with van der Waals surface area (Å²) in [6.45, 7) is 1.90. The van der Waals surface area contributed by atoms with Crippen LogP contribution in [0.5, 0.6) is 0 Å². The van der Waals surface area contributed by atoms with E-state index in [4.69, 9.17) is 23.2 Å². The average Bonchev–Trinajstić information content (AvgIpc) is 2.21. The quantitative estimate of drug-likeness (QED) is 0.841. The van der Waals surface area contributed by atoms with Crippen molar-refractivity contribution in [2.24, 2.45) is 0 Å². The first-order chi connectivity index (χ1) is 6.53. The smallest absolute Gasteiger partial charge is 0.0652 e. The highest BCUT2D eigenvalue weighted by Crippen LogP contribution is 2.28.